The summed E-state index contributed by atoms with van der Waals surface area (Å²) in [6.07, 6.45) is 58.8. The van der Waals surface area contributed by atoms with Gasteiger partial charge in [-0.05, 0) is 102 Å². The molecule has 3 nitrogen and oxygen atoms in total. The van der Waals surface area contributed by atoms with Crippen molar-refractivity contribution in [3.63, 3.8) is 0 Å². The molecule has 1 saturated heterocycles. The second kappa shape index (κ2) is 26.6. The number of rotatable bonds is 31. The number of hydrogen-bond acceptors (Lipinski definition) is 3. The van der Waals surface area contributed by atoms with Crippen LogP contribution in [0.1, 0.15) is 206 Å². The van der Waals surface area contributed by atoms with Crippen LogP contribution in [0.5, 0.6) is 0 Å². The van der Waals surface area contributed by atoms with E-state index in [0.717, 1.165) is 38.5 Å². The molecule has 3 aliphatic rings. The minimum absolute atomic E-state index is 0.245. The quantitative estimate of drug-likeness (QED) is 0.0584. The van der Waals surface area contributed by atoms with E-state index >= 15 is 0 Å². The summed E-state index contributed by atoms with van der Waals surface area (Å²) in [4.78, 5) is 0. The fourth-order valence-electron chi connectivity index (χ4n) is 8.74. The highest BCUT2D eigenvalue weighted by atomic mass is 16.8. The Kier molecular flexibility index (Phi) is 22.9. The van der Waals surface area contributed by atoms with Gasteiger partial charge in [0.05, 0.1) is 12.2 Å². The predicted molar refractivity (Wildman–Crippen MR) is 214 cm³/mol. The monoisotopic (exact) mass is 680 g/mol. The van der Waals surface area contributed by atoms with Gasteiger partial charge in [-0.1, -0.05) is 152 Å². The first kappa shape index (κ1) is 42.3. The van der Waals surface area contributed by atoms with Gasteiger partial charge in [0.25, 0.3) is 0 Å². The van der Waals surface area contributed by atoms with E-state index in [0.29, 0.717) is 23.7 Å². The fraction of sp³-hybridized carbons (Fsp3) is 0.826. The van der Waals surface area contributed by atoms with Gasteiger partial charge in [0.15, 0.2) is 5.79 Å². The van der Waals surface area contributed by atoms with Crippen molar-refractivity contribution in [3.05, 3.63) is 48.6 Å². The Labute approximate surface area is 305 Å². The third-order valence-corrected chi connectivity index (χ3v) is 11.7. The van der Waals surface area contributed by atoms with Crippen LogP contribution in [0.15, 0.2) is 48.6 Å². The van der Waals surface area contributed by atoms with Crippen LogP contribution >= 0.6 is 0 Å². The number of unbranched alkanes of at least 4 members (excludes halogenated alkanes) is 18. The average molecular weight is 680 g/mol. The molecule has 0 bridgehead atoms. The smallest absolute Gasteiger partial charge is 0.170 e. The van der Waals surface area contributed by atoms with Gasteiger partial charge in [-0.2, -0.15) is 0 Å². The van der Waals surface area contributed by atoms with Crippen LogP contribution in [-0.4, -0.2) is 31.1 Å². The zero-order chi connectivity index (χ0) is 34.7. The molecule has 0 amide bonds. The molecule has 2 aliphatic carbocycles. The van der Waals surface area contributed by atoms with Gasteiger partial charge in [-0.25, -0.2) is 0 Å². The van der Waals surface area contributed by atoms with Crippen molar-refractivity contribution in [2.45, 2.75) is 231 Å². The van der Waals surface area contributed by atoms with Gasteiger partial charge < -0.3 is 14.8 Å². The normalized spacial score (nSPS) is 22.9. The van der Waals surface area contributed by atoms with Crippen molar-refractivity contribution in [2.24, 2.45) is 5.41 Å². The van der Waals surface area contributed by atoms with Gasteiger partial charge in [-0.15, -0.1) is 0 Å². The lowest BCUT2D eigenvalue weighted by molar-refractivity contribution is -0.281. The highest BCUT2D eigenvalue weighted by Gasteiger charge is 2.62. The van der Waals surface area contributed by atoms with Crippen LogP contribution in [0.3, 0.4) is 0 Å². The molecular formula is C46H81NO2. The highest BCUT2D eigenvalue weighted by molar-refractivity contribution is 5.06. The Morgan fingerprint density at radius 1 is 0.490 bits per heavy atom. The number of hydrogen-bond donors (Lipinski definition) is 1. The summed E-state index contributed by atoms with van der Waals surface area (Å²) in [7, 11) is 2.08. The Hall–Kier alpha value is -1.16. The highest BCUT2D eigenvalue weighted by Crippen LogP contribution is 2.61. The SMILES string of the molecule is CCCCC/C=C\C/C=C\CCCCCCCCC1(CCCCCCCC/C=C\C/C=C\CCCCC)CC2(C1)O[C@H]1C[C@@H](NC)C[C@H]1O2. The number of allylic oxidation sites excluding steroid dienone is 8. The maximum absolute atomic E-state index is 6.68. The van der Waals surface area contributed by atoms with Crippen molar-refractivity contribution in [1.29, 1.82) is 0 Å². The van der Waals surface area contributed by atoms with Crippen molar-refractivity contribution in [3.8, 4) is 0 Å². The van der Waals surface area contributed by atoms with E-state index in [-0.39, 0.29) is 5.79 Å². The fourth-order valence-corrected chi connectivity index (χ4v) is 8.74. The van der Waals surface area contributed by atoms with Crippen molar-refractivity contribution in [2.75, 3.05) is 7.05 Å². The van der Waals surface area contributed by atoms with Gasteiger partial charge in [-0.3, -0.25) is 0 Å². The summed E-state index contributed by atoms with van der Waals surface area (Å²) in [5.41, 5.74) is 0.464. The Morgan fingerprint density at radius 2 is 0.857 bits per heavy atom. The second-order valence-corrected chi connectivity index (χ2v) is 16.2. The van der Waals surface area contributed by atoms with E-state index in [1.165, 1.54) is 154 Å². The molecule has 2 saturated carbocycles. The maximum Gasteiger partial charge on any atom is 0.170 e. The maximum atomic E-state index is 6.68. The first-order valence-corrected chi connectivity index (χ1v) is 21.8. The Balaban J connectivity index is 1.24. The molecular weight excluding hydrogens is 599 g/mol. The molecule has 1 aliphatic heterocycles. The summed E-state index contributed by atoms with van der Waals surface area (Å²) in [5, 5.41) is 3.45. The van der Waals surface area contributed by atoms with Gasteiger partial charge in [0.2, 0.25) is 0 Å². The molecule has 3 rings (SSSR count). The molecule has 0 unspecified atom stereocenters. The van der Waals surface area contributed by atoms with E-state index in [1.54, 1.807) is 0 Å². The summed E-state index contributed by atoms with van der Waals surface area (Å²) in [5.74, 6) is -0.245. The third kappa shape index (κ3) is 17.8. The summed E-state index contributed by atoms with van der Waals surface area (Å²) >= 11 is 0. The standard InChI is InChI=1S/C46H81NO2/c1-4-6-8-10-12-14-16-18-20-22-24-26-28-30-32-34-36-45(40-46(41-45)48-43-38-42(47-3)39-44(43)49-46)37-35-33-31-29-27-25-23-21-19-17-15-13-11-9-7-5-2/h12-15,18-21,42-44,47H,4-11,16-17,22-41H2,1-3H3/b14-12-,15-13-,20-18-,21-19-/t42-,43+,44-. The first-order chi connectivity index (χ1) is 24.1. The lowest BCUT2D eigenvalue weighted by Crippen LogP contribution is -2.53. The zero-order valence-corrected chi connectivity index (χ0v) is 32.9. The van der Waals surface area contributed by atoms with E-state index in [1.807, 2.05) is 0 Å². The predicted octanol–water partition coefficient (Wildman–Crippen LogP) is 14.0. The summed E-state index contributed by atoms with van der Waals surface area (Å²) < 4.78 is 13.4. The van der Waals surface area contributed by atoms with Crippen molar-refractivity contribution >= 4 is 0 Å². The van der Waals surface area contributed by atoms with Crippen LogP contribution in [0, 0.1) is 5.41 Å². The number of ether oxygens (including phenoxy) is 2. The Morgan fingerprint density at radius 3 is 1.24 bits per heavy atom. The Bertz CT molecular complexity index is 846. The summed E-state index contributed by atoms with van der Waals surface area (Å²) in [6.45, 7) is 4.55. The van der Waals surface area contributed by atoms with Crippen LogP contribution in [0.2, 0.25) is 0 Å². The number of nitrogens with one attached hydrogen (secondary N) is 1. The molecule has 49 heavy (non-hydrogen) atoms. The molecule has 1 spiro atoms. The van der Waals surface area contributed by atoms with Gasteiger partial charge in [0, 0.05) is 18.9 Å². The minimum atomic E-state index is -0.245. The van der Waals surface area contributed by atoms with Crippen LogP contribution < -0.4 is 5.32 Å². The van der Waals surface area contributed by atoms with Gasteiger partial charge >= 0.3 is 0 Å². The molecule has 0 aromatic heterocycles. The zero-order valence-electron chi connectivity index (χ0n) is 32.9. The number of fused-ring (bicyclic) bond motifs is 1. The topological polar surface area (TPSA) is 30.5 Å². The van der Waals surface area contributed by atoms with E-state index < -0.39 is 0 Å². The van der Waals surface area contributed by atoms with Crippen LogP contribution in [0.25, 0.3) is 0 Å². The minimum Gasteiger partial charge on any atom is -0.344 e. The van der Waals surface area contributed by atoms with Crippen molar-refractivity contribution < 1.29 is 9.47 Å². The molecule has 3 fully saturated rings. The molecule has 3 heteroatoms. The van der Waals surface area contributed by atoms with E-state index in [4.69, 9.17) is 9.47 Å². The largest absolute Gasteiger partial charge is 0.344 e. The molecule has 1 heterocycles. The van der Waals surface area contributed by atoms with Crippen molar-refractivity contribution in [1.82, 2.24) is 5.32 Å². The molecule has 3 atom stereocenters. The van der Waals surface area contributed by atoms with E-state index in [9.17, 15) is 0 Å². The van der Waals surface area contributed by atoms with Crippen LogP contribution in [-0.2, 0) is 9.47 Å². The molecule has 0 aromatic carbocycles. The lowest BCUT2D eigenvalue weighted by Gasteiger charge is -2.54. The molecule has 1 N–H and O–H groups in total. The second-order valence-electron chi connectivity index (χ2n) is 16.2. The summed E-state index contributed by atoms with van der Waals surface area (Å²) in [6, 6.07) is 0.564. The molecule has 282 valence electrons. The third-order valence-electron chi connectivity index (χ3n) is 11.7. The van der Waals surface area contributed by atoms with Crippen LogP contribution in [0.4, 0.5) is 0 Å². The lowest BCUT2D eigenvalue weighted by atomic mass is 9.59. The average Bonchev–Trinajstić information content (AvgIpc) is 3.64. The molecule has 0 radical (unpaired) electrons. The van der Waals surface area contributed by atoms with E-state index in [2.05, 4.69) is 74.8 Å². The molecule has 0 aromatic rings. The first-order valence-electron chi connectivity index (χ1n) is 21.8. The van der Waals surface area contributed by atoms with Gasteiger partial charge in [0.1, 0.15) is 0 Å².